The van der Waals surface area contributed by atoms with Crippen LogP contribution in [-0.2, 0) is 10.2 Å². The lowest BCUT2D eigenvalue weighted by Gasteiger charge is -2.33. The minimum Gasteiger partial charge on any atom is -0.399 e. The van der Waals surface area contributed by atoms with Gasteiger partial charge < -0.3 is 16.2 Å². The zero-order valence-corrected chi connectivity index (χ0v) is 10.2. The van der Waals surface area contributed by atoms with Crippen molar-refractivity contribution >= 4 is 11.6 Å². The molecule has 0 radical (unpaired) electrons. The largest absolute Gasteiger partial charge is 0.399 e. The van der Waals surface area contributed by atoms with E-state index in [1.807, 2.05) is 24.3 Å². The van der Waals surface area contributed by atoms with Gasteiger partial charge in [0.2, 0.25) is 5.91 Å². The van der Waals surface area contributed by atoms with E-state index >= 15 is 0 Å². The van der Waals surface area contributed by atoms with Crippen molar-refractivity contribution in [3.8, 4) is 0 Å². The number of hydrogen-bond acceptors (Lipinski definition) is 3. The molecule has 4 heteroatoms. The summed E-state index contributed by atoms with van der Waals surface area (Å²) in [5, 5.41) is 12.3. The summed E-state index contributed by atoms with van der Waals surface area (Å²) in [5.74, 6) is 0.101. The van der Waals surface area contributed by atoms with Gasteiger partial charge in [-0.3, -0.25) is 4.79 Å². The third kappa shape index (κ3) is 1.86. The Kier molecular flexibility index (Phi) is 2.55. The van der Waals surface area contributed by atoms with Crippen molar-refractivity contribution in [2.45, 2.75) is 43.2 Å². The van der Waals surface area contributed by atoms with Gasteiger partial charge in [-0.2, -0.15) is 0 Å². The van der Waals surface area contributed by atoms with Crippen LogP contribution >= 0.6 is 0 Å². The number of carbonyl (C=O) groups is 1. The van der Waals surface area contributed by atoms with Crippen LogP contribution in [-0.4, -0.2) is 23.2 Å². The lowest BCUT2D eigenvalue weighted by molar-refractivity contribution is -0.125. The summed E-state index contributed by atoms with van der Waals surface area (Å²) in [4.78, 5) is 12.3. The van der Waals surface area contributed by atoms with Crippen LogP contribution in [0.2, 0.25) is 0 Å². The molecular weight excluding hydrogens is 228 g/mol. The maximum atomic E-state index is 12.3. The molecule has 2 aliphatic carbocycles. The molecule has 2 aliphatic rings. The predicted octanol–water partition coefficient (Wildman–Crippen LogP) is 0.940. The number of amides is 1. The molecule has 4 nitrogen and oxygen atoms in total. The molecule has 2 fully saturated rings. The Morgan fingerprint density at radius 3 is 2.39 bits per heavy atom. The second kappa shape index (κ2) is 3.99. The molecule has 0 heterocycles. The van der Waals surface area contributed by atoms with E-state index < -0.39 is 0 Å². The molecule has 1 aromatic carbocycles. The Hall–Kier alpha value is -1.55. The number of nitrogens with one attached hydrogen (secondary N) is 1. The van der Waals surface area contributed by atoms with Crippen molar-refractivity contribution in [3.63, 3.8) is 0 Å². The van der Waals surface area contributed by atoms with Gasteiger partial charge >= 0.3 is 0 Å². The molecule has 1 amide bonds. The smallest absolute Gasteiger partial charge is 0.230 e. The average molecular weight is 246 g/mol. The van der Waals surface area contributed by atoms with Crippen LogP contribution in [0.3, 0.4) is 0 Å². The summed E-state index contributed by atoms with van der Waals surface area (Å²) in [7, 11) is 0. The monoisotopic (exact) mass is 246 g/mol. The van der Waals surface area contributed by atoms with Gasteiger partial charge in [0, 0.05) is 11.7 Å². The quantitative estimate of drug-likeness (QED) is 0.695. The van der Waals surface area contributed by atoms with Gasteiger partial charge in [-0.25, -0.2) is 0 Å². The van der Waals surface area contributed by atoms with Crippen LogP contribution in [0.15, 0.2) is 24.3 Å². The van der Waals surface area contributed by atoms with Crippen molar-refractivity contribution in [2.24, 2.45) is 0 Å². The maximum absolute atomic E-state index is 12.3. The van der Waals surface area contributed by atoms with E-state index in [9.17, 15) is 9.90 Å². The number of carbonyl (C=O) groups excluding carboxylic acids is 1. The average Bonchev–Trinajstić information content (AvgIpc) is 3.09. The topological polar surface area (TPSA) is 75.4 Å². The second-order valence-electron chi connectivity index (χ2n) is 5.50. The molecule has 0 aliphatic heterocycles. The highest BCUT2D eigenvalue weighted by Gasteiger charge is 2.52. The van der Waals surface area contributed by atoms with Gasteiger partial charge in [-0.05, 0) is 43.4 Å². The minimum atomic E-state index is -0.339. The minimum absolute atomic E-state index is 0.101. The Labute approximate surface area is 106 Å². The molecule has 0 spiro atoms. The van der Waals surface area contributed by atoms with E-state index in [0.717, 1.165) is 24.1 Å². The number of aliphatic hydroxyl groups is 1. The molecule has 0 saturated heterocycles. The first-order chi connectivity index (χ1) is 8.60. The number of aliphatic hydroxyl groups excluding tert-OH is 1. The fourth-order valence-corrected chi connectivity index (χ4v) is 2.60. The maximum Gasteiger partial charge on any atom is 0.230 e. The van der Waals surface area contributed by atoms with Crippen LogP contribution < -0.4 is 11.1 Å². The zero-order chi connectivity index (χ0) is 12.8. The van der Waals surface area contributed by atoms with Crippen molar-refractivity contribution in [1.29, 1.82) is 0 Å². The molecule has 1 aromatic rings. The summed E-state index contributed by atoms with van der Waals surface area (Å²) in [5.41, 5.74) is 7.10. The third-order valence-electron chi connectivity index (χ3n) is 4.10. The highest BCUT2D eigenvalue weighted by Crippen LogP contribution is 2.48. The number of hydrogen-bond donors (Lipinski definition) is 3. The molecule has 96 valence electrons. The SMILES string of the molecule is Nc1ccc(C2(C(=O)NC3CC(O)C3)CC2)cc1. The molecule has 3 rings (SSSR count). The second-order valence-corrected chi connectivity index (χ2v) is 5.50. The molecular formula is C14H18N2O2. The van der Waals surface area contributed by atoms with Crippen molar-refractivity contribution in [2.75, 3.05) is 5.73 Å². The van der Waals surface area contributed by atoms with Gasteiger partial charge in [-0.15, -0.1) is 0 Å². The van der Waals surface area contributed by atoms with E-state index in [-0.39, 0.29) is 23.5 Å². The number of nitrogens with two attached hydrogens (primary N) is 1. The number of anilines is 1. The molecule has 2 saturated carbocycles. The number of nitrogen functional groups attached to an aromatic ring is 1. The number of benzene rings is 1. The Bertz CT molecular complexity index is 459. The van der Waals surface area contributed by atoms with Crippen LogP contribution in [0.4, 0.5) is 5.69 Å². The number of rotatable bonds is 3. The highest BCUT2D eigenvalue weighted by atomic mass is 16.3. The van der Waals surface area contributed by atoms with E-state index in [2.05, 4.69) is 5.32 Å². The van der Waals surface area contributed by atoms with E-state index in [1.165, 1.54) is 0 Å². The fourth-order valence-electron chi connectivity index (χ4n) is 2.60. The zero-order valence-electron chi connectivity index (χ0n) is 10.2. The van der Waals surface area contributed by atoms with E-state index in [4.69, 9.17) is 5.73 Å². The first-order valence-electron chi connectivity index (χ1n) is 6.45. The Balaban J connectivity index is 1.70. The summed E-state index contributed by atoms with van der Waals surface area (Å²) in [6.45, 7) is 0. The van der Waals surface area contributed by atoms with Crippen molar-refractivity contribution < 1.29 is 9.90 Å². The lowest BCUT2D eigenvalue weighted by Crippen LogP contribution is -2.49. The van der Waals surface area contributed by atoms with Gasteiger partial charge in [-0.1, -0.05) is 12.1 Å². The molecule has 0 aromatic heterocycles. The molecule has 0 atom stereocenters. The first kappa shape index (κ1) is 11.5. The molecule has 4 N–H and O–H groups in total. The Morgan fingerprint density at radius 2 is 1.89 bits per heavy atom. The van der Waals surface area contributed by atoms with Gasteiger partial charge in [0.05, 0.1) is 11.5 Å². The van der Waals surface area contributed by atoms with Crippen molar-refractivity contribution in [1.82, 2.24) is 5.32 Å². The molecule has 18 heavy (non-hydrogen) atoms. The third-order valence-corrected chi connectivity index (χ3v) is 4.10. The molecule has 0 bridgehead atoms. The van der Waals surface area contributed by atoms with Gasteiger partial charge in [0.15, 0.2) is 0 Å². The fraction of sp³-hybridized carbons (Fsp3) is 0.500. The van der Waals surface area contributed by atoms with Gasteiger partial charge in [0.25, 0.3) is 0 Å². The predicted molar refractivity (Wildman–Crippen MR) is 68.9 cm³/mol. The van der Waals surface area contributed by atoms with Crippen LogP contribution in [0, 0.1) is 0 Å². The summed E-state index contributed by atoms with van der Waals surface area (Å²) in [6, 6.07) is 7.72. The highest BCUT2D eigenvalue weighted by molar-refractivity contribution is 5.91. The summed E-state index contributed by atoms with van der Waals surface area (Å²) < 4.78 is 0. The van der Waals surface area contributed by atoms with E-state index in [1.54, 1.807) is 0 Å². The summed E-state index contributed by atoms with van der Waals surface area (Å²) in [6.07, 6.45) is 2.94. The normalized spacial score (nSPS) is 28.3. The van der Waals surface area contributed by atoms with Gasteiger partial charge in [0.1, 0.15) is 0 Å². The van der Waals surface area contributed by atoms with Crippen LogP contribution in [0.5, 0.6) is 0 Å². The van der Waals surface area contributed by atoms with Crippen molar-refractivity contribution in [3.05, 3.63) is 29.8 Å². The van der Waals surface area contributed by atoms with Crippen LogP contribution in [0.1, 0.15) is 31.2 Å². The van der Waals surface area contributed by atoms with E-state index in [0.29, 0.717) is 12.8 Å². The Morgan fingerprint density at radius 1 is 1.28 bits per heavy atom. The standard InChI is InChI=1S/C14H18N2O2/c15-10-3-1-9(2-4-10)14(5-6-14)13(18)16-11-7-12(17)8-11/h1-4,11-12,17H,5-8,15H2,(H,16,18). The van der Waals surface area contributed by atoms with Crippen LogP contribution in [0.25, 0.3) is 0 Å². The lowest BCUT2D eigenvalue weighted by atomic mass is 9.87. The summed E-state index contributed by atoms with van der Waals surface area (Å²) >= 11 is 0. The molecule has 0 unspecified atom stereocenters. The first-order valence-corrected chi connectivity index (χ1v) is 6.45.